The van der Waals surface area contributed by atoms with E-state index in [1.807, 2.05) is 29.2 Å². The lowest BCUT2D eigenvalue weighted by atomic mass is 9.77. The Labute approximate surface area is 161 Å². The molecule has 2 saturated heterocycles. The van der Waals surface area contributed by atoms with Crippen LogP contribution in [-0.4, -0.2) is 54.0 Å². The van der Waals surface area contributed by atoms with Crippen molar-refractivity contribution in [3.63, 3.8) is 0 Å². The molecular weight excluding hydrogens is 338 g/mol. The van der Waals surface area contributed by atoms with Crippen molar-refractivity contribution in [2.24, 2.45) is 5.41 Å². The number of aromatic nitrogens is 1. The van der Waals surface area contributed by atoms with Crippen LogP contribution in [-0.2, 0) is 6.54 Å². The summed E-state index contributed by atoms with van der Waals surface area (Å²) in [6.45, 7) is 4.93. The minimum atomic E-state index is 0.126. The minimum Gasteiger partial charge on any atom is -0.497 e. The number of likely N-dealkylation sites (tertiary alicyclic amines) is 2. The third-order valence-corrected chi connectivity index (χ3v) is 6.12. The molecule has 3 heterocycles. The van der Waals surface area contributed by atoms with E-state index in [2.05, 4.69) is 22.0 Å². The normalized spacial score (nSPS) is 19.4. The Balaban J connectivity index is 1.31. The second kappa shape index (κ2) is 7.69. The van der Waals surface area contributed by atoms with Crippen molar-refractivity contribution in [2.45, 2.75) is 25.8 Å². The lowest BCUT2D eigenvalue weighted by Crippen LogP contribution is -2.41. The number of piperidine rings is 1. The van der Waals surface area contributed by atoms with Gasteiger partial charge >= 0.3 is 0 Å². The highest BCUT2D eigenvalue weighted by atomic mass is 16.5. The van der Waals surface area contributed by atoms with Gasteiger partial charge in [0.05, 0.1) is 12.7 Å². The van der Waals surface area contributed by atoms with Crippen LogP contribution in [0, 0.1) is 5.41 Å². The minimum absolute atomic E-state index is 0.126. The predicted molar refractivity (Wildman–Crippen MR) is 105 cm³/mol. The fourth-order valence-electron chi connectivity index (χ4n) is 4.36. The number of ether oxygens (including phenoxy) is 1. The molecule has 1 aromatic heterocycles. The van der Waals surface area contributed by atoms with Gasteiger partial charge in [0.2, 0.25) is 0 Å². The standard InChI is InChI=1S/C22H27N3O2/c1-27-20-6-4-18(5-7-20)16-24-12-8-22(9-13-24)10-14-25(17-22)21(26)19-3-2-11-23-15-19/h2-7,11,15H,8-10,12-14,16-17H2,1H3. The molecule has 1 amide bonds. The highest BCUT2D eigenvalue weighted by molar-refractivity contribution is 5.94. The molecular formula is C22H27N3O2. The molecule has 2 aromatic rings. The van der Waals surface area contributed by atoms with Crippen molar-refractivity contribution < 1.29 is 9.53 Å². The Bertz CT molecular complexity index is 768. The lowest BCUT2D eigenvalue weighted by molar-refractivity contribution is 0.0713. The number of rotatable bonds is 4. The van der Waals surface area contributed by atoms with Crippen LogP contribution < -0.4 is 4.74 Å². The molecule has 0 N–H and O–H groups in total. The molecule has 142 valence electrons. The van der Waals surface area contributed by atoms with Gasteiger partial charge in [-0.2, -0.15) is 0 Å². The second-order valence-electron chi connectivity index (χ2n) is 7.84. The third-order valence-electron chi connectivity index (χ3n) is 6.12. The van der Waals surface area contributed by atoms with Gasteiger partial charge in [0, 0.05) is 32.0 Å². The van der Waals surface area contributed by atoms with E-state index in [0.717, 1.165) is 44.9 Å². The molecule has 1 spiro atoms. The largest absolute Gasteiger partial charge is 0.497 e. The number of amides is 1. The van der Waals surface area contributed by atoms with Crippen LogP contribution >= 0.6 is 0 Å². The first kappa shape index (κ1) is 18.0. The molecule has 0 aliphatic carbocycles. The number of methoxy groups -OCH3 is 1. The maximum atomic E-state index is 12.7. The van der Waals surface area contributed by atoms with Crippen molar-refractivity contribution in [3.05, 3.63) is 59.9 Å². The van der Waals surface area contributed by atoms with Gasteiger partial charge in [-0.15, -0.1) is 0 Å². The van der Waals surface area contributed by atoms with Crippen LogP contribution in [0.2, 0.25) is 0 Å². The second-order valence-corrected chi connectivity index (χ2v) is 7.84. The molecule has 0 atom stereocenters. The van der Waals surface area contributed by atoms with Crippen molar-refractivity contribution in [1.29, 1.82) is 0 Å². The highest BCUT2D eigenvalue weighted by Gasteiger charge is 2.42. The zero-order chi connectivity index (χ0) is 18.7. The number of hydrogen-bond acceptors (Lipinski definition) is 4. The smallest absolute Gasteiger partial charge is 0.255 e. The number of hydrogen-bond donors (Lipinski definition) is 0. The van der Waals surface area contributed by atoms with Crippen LogP contribution in [0.3, 0.4) is 0 Å². The van der Waals surface area contributed by atoms with Crippen molar-refractivity contribution in [2.75, 3.05) is 33.3 Å². The molecule has 1 aromatic carbocycles. The first-order chi connectivity index (χ1) is 13.2. The van der Waals surface area contributed by atoms with Crippen LogP contribution in [0.1, 0.15) is 35.2 Å². The van der Waals surface area contributed by atoms with Crippen LogP contribution in [0.5, 0.6) is 5.75 Å². The zero-order valence-electron chi connectivity index (χ0n) is 15.9. The maximum absolute atomic E-state index is 12.7. The quantitative estimate of drug-likeness (QED) is 0.835. The maximum Gasteiger partial charge on any atom is 0.255 e. The van der Waals surface area contributed by atoms with Crippen molar-refractivity contribution in [3.8, 4) is 5.75 Å². The van der Waals surface area contributed by atoms with E-state index >= 15 is 0 Å². The summed E-state index contributed by atoms with van der Waals surface area (Å²) in [7, 11) is 1.70. The Morgan fingerprint density at radius 1 is 1.11 bits per heavy atom. The first-order valence-electron chi connectivity index (χ1n) is 9.72. The number of nitrogens with zero attached hydrogens (tertiary/aromatic N) is 3. The molecule has 27 heavy (non-hydrogen) atoms. The summed E-state index contributed by atoms with van der Waals surface area (Å²) >= 11 is 0. The summed E-state index contributed by atoms with van der Waals surface area (Å²) in [6.07, 6.45) is 6.83. The van der Waals surface area contributed by atoms with Gasteiger partial charge in [0.25, 0.3) is 5.91 Å². The van der Waals surface area contributed by atoms with E-state index in [1.165, 1.54) is 18.4 Å². The van der Waals surface area contributed by atoms with Crippen LogP contribution in [0.25, 0.3) is 0 Å². The Hall–Kier alpha value is -2.40. The molecule has 2 fully saturated rings. The molecule has 0 unspecified atom stereocenters. The van der Waals surface area contributed by atoms with Crippen molar-refractivity contribution in [1.82, 2.24) is 14.8 Å². The summed E-state index contributed by atoms with van der Waals surface area (Å²) < 4.78 is 5.23. The average Bonchev–Trinajstić information content (AvgIpc) is 3.14. The molecule has 2 aliphatic rings. The molecule has 5 heteroatoms. The van der Waals surface area contributed by atoms with Gasteiger partial charge in [0.15, 0.2) is 0 Å². The molecule has 0 bridgehead atoms. The summed E-state index contributed by atoms with van der Waals surface area (Å²) in [4.78, 5) is 21.3. The summed E-state index contributed by atoms with van der Waals surface area (Å²) in [5, 5.41) is 0. The van der Waals surface area contributed by atoms with E-state index in [0.29, 0.717) is 11.0 Å². The fourth-order valence-corrected chi connectivity index (χ4v) is 4.36. The van der Waals surface area contributed by atoms with Crippen LogP contribution in [0.15, 0.2) is 48.8 Å². The predicted octanol–water partition coefficient (Wildman–Crippen LogP) is 3.22. The lowest BCUT2D eigenvalue weighted by Gasteiger charge is -2.39. The van der Waals surface area contributed by atoms with E-state index in [9.17, 15) is 4.79 Å². The Morgan fingerprint density at radius 2 is 1.85 bits per heavy atom. The topological polar surface area (TPSA) is 45.7 Å². The zero-order valence-corrected chi connectivity index (χ0v) is 15.9. The van der Waals surface area contributed by atoms with E-state index in [-0.39, 0.29) is 5.91 Å². The monoisotopic (exact) mass is 365 g/mol. The third kappa shape index (κ3) is 3.98. The number of carbonyl (C=O) groups excluding carboxylic acids is 1. The summed E-state index contributed by atoms with van der Waals surface area (Å²) in [5.41, 5.74) is 2.33. The van der Waals surface area contributed by atoms with Crippen molar-refractivity contribution >= 4 is 5.91 Å². The van der Waals surface area contributed by atoms with Gasteiger partial charge in [-0.1, -0.05) is 12.1 Å². The molecule has 0 saturated carbocycles. The number of carbonyl (C=O) groups is 1. The summed E-state index contributed by atoms with van der Waals surface area (Å²) in [5.74, 6) is 1.03. The summed E-state index contributed by atoms with van der Waals surface area (Å²) in [6, 6.07) is 12.0. The molecule has 4 rings (SSSR count). The van der Waals surface area contributed by atoms with Crippen LogP contribution in [0.4, 0.5) is 0 Å². The molecule has 2 aliphatic heterocycles. The van der Waals surface area contributed by atoms with Gasteiger partial charge in [-0.3, -0.25) is 14.7 Å². The van der Waals surface area contributed by atoms with Gasteiger partial charge in [-0.05, 0) is 67.6 Å². The van der Waals surface area contributed by atoms with Gasteiger partial charge in [-0.25, -0.2) is 0 Å². The Morgan fingerprint density at radius 3 is 2.52 bits per heavy atom. The van der Waals surface area contributed by atoms with Gasteiger partial charge < -0.3 is 9.64 Å². The van der Waals surface area contributed by atoms with E-state index < -0.39 is 0 Å². The molecule has 0 radical (unpaired) electrons. The van der Waals surface area contributed by atoms with Gasteiger partial charge in [0.1, 0.15) is 5.75 Å². The van der Waals surface area contributed by atoms with E-state index in [4.69, 9.17) is 4.74 Å². The fraction of sp³-hybridized carbons (Fsp3) is 0.455. The number of benzene rings is 1. The van der Waals surface area contributed by atoms with E-state index in [1.54, 1.807) is 19.5 Å². The Kier molecular flexibility index (Phi) is 5.12. The average molecular weight is 365 g/mol. The SMILES string of the molecule is COc1ccc(CN2CCC3(CC2)CCN(C(=O)c2cccnc2)C3)cc1. The highest BCUT2D eigenvalue weighted by Crippen LogP contribution is 2.41. The first-order valence-corrected chi connectivity index (χ1v) is 9.72. The number of pyridine rings is 1. The molecule has 5 nitrogen and oxygen atoms in total.